The molecule has 2 rings (SSSR count). The average Bonchev–Trinajstić information content (AvgIpc) is 2.68. The van der Waals surface area contributed by atoms with Gasteiger partial charge < -0.3 is 9.66 Å². The normalized spacial score (nSPS) is 23.6. The first-order chi connectivity index (χ1) is 14.0. The van der Waals surface area contributed by atoms with Crippen LogP contribution < -0.4 is 3.71 Å². The fourth-order valence-electron chi connectivity index (χ4n) is 3.69. The highest BCUT2D eigenvalue weighted by Crippen LogP contribution is 2.45. The van der Waals surface area contributed by atoms with Crippen LogP contribution in [0.4, 0.5) is 5.69 Å². The maximum atomic E-state index is 14.3. The van der Waals surface area contributed by atoms with E-state index in [-0.39, 0.29) is 16.6 Å². The molecule has 0 saturated heterocycles. The molecule has 0 amide bonds. The van der Waals surface area contributed by atoms with E-state index < -0.39 is 43.4 Å². The lowest BCUT2D eigenvalue weighted by molar-refractivity contribution is 0.282. The van der Waals surface area contributed by atoms with Crippen LogP contribution in [0.15, 0.2) is 42.5 Å². The SMILES string of the molecule is CCC[C@@H](C)C1(S(=O)(=O)N(c2cc(Cl)ccc2CO)[S+]([O-])C(C)C)C=CC=CC1Cl. The first-order valence-electron chi connectivity index (χ1n) is 9.89. The predicted molar refractivity (Wildman–Crippen MR) is 127 cm³/mol. The van der Waals surface area contributed by atoms with E-state index in [1.54, 1.807) is 44.2 Å². The lowest BCUT2D eigenvalue weighted by Crippen LogP contribution is -2.59. The molecule has 1 aliphatic carbocycles. The molecule has 30 heavy (non-hydrogen) atoms. The van der Waals surface area contributed by atoms with Gasteiger partial charge in [-0.1, -0.05) is 66.0 Å². The molecule has 0 fully saturated rings. The fraction of sp³-hybridized carbons (Fsp3) is 0.524. The van der Waals surface area contributed by atoms with Crippen molar-refractivity contribution in [1.29, 1.82) is 0 Å². The highest BCUT2D eigenvalue weighted by molar-refractivity contribution is 8.11. The van der Waals surface area contributed by atoms with Gasteiger partial charge in [0.15, 0.2) is 0 Å². The van der Waals surface area contributed by atoms with Gasteiger partial charge in [-0.15, -0.1) is 11.6 Å². The minimum Gasteiger partial charge on any atom is -0.592 e. The van der Waals surface area contributed by atoms with Crippen LogP contribution in [-0.2, 0) is 28.0 Å². The molecule has 0 radical (unpaired) electrons. The van der Waals surface area contributed by atoms with E-state index in [1.165, 1.54) is 12.1 Å². The van der Waals surface area contributed by atoms with Crippen LogP contribution in [0, 0.1) is 5.92 Å². The predicted octanol–water partition coefficient (Wildman–Crippen LogP) is 4.95. The second kappa shape index (κ2) is 10.3. The van der Waals surface area contributed by atoms with Crippen LogP contribution in [0.2, 0.25) is 5.02 Å². The molecule has 9 heteroatoms. The van der Waals surface area contributed by atoms with E-state index in [9.17, 15) is 18.1 Å². The Balaban J connectivity index is 2.83. The number of anilines is 1. The van der Waals surface area contributed by atoms with Gasteiger partial charge in [0, 0.05) is 10.6 Å². The summed E-state index contributed by atoms with van der Waals surface area (Å²) in [5.41, 5.74) is 0.420. The van der Waals surface area contributed by atoms with Gasteiger partial charge in [0.25, 0.3) is 10.0 Å². The molecular weight excluding hydrogens is 465 g/mol. The molecular formula is C21H29Cl2NO4S2. The number of benzene rings is 1. The number of alkyl halides is 1. The number of nitrogens with zero attached hydrogens (tertiary/aromatic N) is 1. The Kier molecular flexibility index (Phi) is 8.76. The number of hydrogen-bond donors (Lipinski definition) is 1. The highest BCUT2D eigenvalue weighted by atomic mass is 35.5. The number of allylic oxidation sites excluding steroid dienone is 3. The van der Waals surface area contributed by atoms with Crippen LogP contribution in [0.1, 0.15) is 46.1 Å². The third kappa shape index (κ3) is 4.57. The zero-order valence-electron chi connectivity index (χ0n) is 17.6. The molecule has 4 atom stereocenters. The number of aliphatic hydroxyl groups is 1. The zero-order chi connectivity index (χ0) is 22.7. The molecule has 3 unspecified atom stereocenters. The molecule has 1 aromatic rings. The lowest BCUT2D eigenvalue weighted by atomic mass is 9.84. The van der Waals surface area contributed by atoms with Gasteiger partial charge in [0.05, 0.1) is 23.3 Å². The summed E-state index contributed by atoms with van der Waals surface area (Å²) in [6.07, 6.45) is 8.02. The van der Waals surface area contributed by atoms with Crippen molar-refractivity contribution in [3.05, 3.63) is 53.1 Å². The number of halogens is 2. The first-order valence-corrected chi connectivity index (χ1v) is 13.3. The van der Waals surface area contributed by atoms with E-state index in [0.29, 0.717) is 12.0 Å². The summed E-state index contributed by atoms with van der Waals surface area (Å²) in [5, 5.41) is 8.78. The third-order valence-corrected chi connectivity index (χ3v) is 10.9. The van der Waals surface area contributed by atoms with Crippen LogP contribution in [0.25, 0.3) is 0 Å². The second-order valence-electron chi connectivity index (χ2n) is 7.68. The van der Waals surface area contributed by atoms with Gasteiger partial charge in [0.2, 0.25) is 0 Å². The van der Waals surface area contributed by atoms with Gasteiger partial charge in [-0.05, 0) is 38.3 Å². The Bertz CT molecular complexity index is 904. The van der Waals surface area contributed by atoms with Gasteiger partial charge in [-0.2, -0.15) is 0 Å². The highest BCUT2D eigenvalue weighted by Gasteiger charge is 2.57. The van der Waals surface area contributed by atoms with Crippen LogP contribution in [0.3, 0.4) is 0 Å². The molecule has 1 aliphatic rings. The van der Waals surface area contributed by atoms with Gasteiger partial charge in [-0.3, -0.25) is 0 Å². The quantitative estimate of drug-likeness (QED) is 0.389. The van der Waals surface area contributed by atoms with Crippen molar-refractivity contribution in [3.63, 3.8) is 0 Å². The van der Waals surface area contributed by atoms with E-state index in [2.05, 4.69) is 0 Å². The van der Waals surface area contributed by atoms with Gasteiger partial charge in [0.1, 0.15) is 15.7 Å². The number of hydrogen-bond acceptors (Lipinski definition) is 4. The monoisotopic (exact) mass is 493 g/mol. The number of aliphatic hydroxyl groups excluding tert-OH is 1. The van der Waals surface area contributed by atoms with E-state index >= 15 is 0 Å². The summed E-state index contributed by atoms with van der Waals surface area (Å²) in [7, 11) is -4.31. The van der Waals surface area contributed by atoms with Crippen LogP contribution >= 0.6 is 23.2 Å². The summed E-state index contributed by atoms with van der Waals surface area (Å²) in [6.45, 7) is 6.76. The van der Waals surface area contributed by atoms with E-state index in [4.69, 9.17) is 23.2 Å². The second-order valence-corrected chi connectivity index (χ2v) is 12.7. The average molecular weight is 495 g/mol. The van der Waals surface area contributed by atoms with Gasteiger partial charge in [-0.25, -0.2) is 8.42 Å². The van der Waals surface area contributed by atoms with E-state index in [1.807, 2.05) is 13.8 Å². The van der Waals surface area contributed by atoms with E-state index in [0.717, 1.165) is 10.1 Å². The summed E-state index contributed by atoms with van der Waals surface area (Å²) in [5.74, 6) is -0.348. The van der Waals surface area contributed by atoms with Crippen molar-refractivity contribution < 1.29 is 18.1 Å². The molecule has 1 N–H and O–H groups in total. The van der Waals surface area contributed by atoms with Crippen molar-refractivity contribution >= 4 is 50.3 Å². The Morgan fingerprint density at radius 3 is 2.50 bits per heavy atom. The van der Waals surface area contributed by atoms with Crippen molar-refractivity contribution in [3.8, 4) is 0 Å². The molecule has 0 saturated carbocycles. The lowest BCUT2D eigenvalue weighted by Gasteiger charge is -2.43. The van der Waals surface area contributed by atoms with Crippen molar-refractivity contribution in [2.24, 2.45) is 5.92 Å². The fourth-order valence-corrected chi connectivity index (χ4v) is 8.94. The summed E-state index contributed by atoms with van der Waals surface area (Å²) >= 11 is 10.9. The Morgan fingerprint density at radius 2 is 1.97 bits per heavy atom. The minimum absolute atomic E-state index is 0.104. The Labute approximate surface area is 193 Å². The first kappa shape index (κ1) is 25.6. The summed E-state index contributed by atoms with van der Waals surface area (Å²) in [4.78, 5) is 0. The number of rotatable bonds is 9. The number of sulfonamides is 1. The molecule has 168 valence electrons. The molecule has 0 spiro atoms. The maximum Gasteiger partial charge on any atom is 0.284 e. The molecule has 0 heterocycles. The van der Waals surface area contributed by atoms with Crippen molar-refractivity contribution in [2.45, 2.75) is 62.5 Å². The molecule has 0 aromatic heterocycles. The molecule has 0 bridgehead atoms. The van der Waals surface area contributed by atoms with Gasteiger partial charge >= 0.3 is 0 Å². The van der Waals surface area contributed by atoms with Crippen LogP contribution in [0.5, 0.6) is 0 Å². The molecule has 5 nitrogen and oxygen atoms in total. The Morgan fingerprint density at radius 1 is 1.30 bits per heavy atom. The molecule has 1 aromatic carbocycles. The maximum absolute atomic E-state index is 14.3. The standard InChI is InChI=1S/C21H29Cl2NO4S2/c1-5-8-16(4)21(12-7-6-9-20(21)23)30(27,28)24(29(26)15(2)3)19-13-18(22)11-10-17(19)14-25/h6-7,9-13,15-16,20,25H,5,8,14H2,1-4H3/t16-,20?,21?,29?/m1/s1. The van der Waals surface area contributed by atoms with Crippen LogP contribution in [-0.4, -0.2) is 33.5 Å². The van der Waals surface area contributed by atoms with Crippen molar-refractivity contribution in [1.82, 2.24) is 0 Å². The van der Waals surface area contributed by atoms with Crippen molar-refractivity contribution in [2.75, 3.05) is 3.71 Å². The summed E-state index contributed by atoms with van der Waals surface area (Å²) in [6, 6.07) is 4.52. The minimum atomic E-state index is -4.31. The molecule has 0 aliphatic heterocycles. The zero-order valence-corrected chi connectivity index (χ0v) is 20.7. The topological polar surface area (TPSA) is 80.7 Å². The third-order valence-electron chi connectivity index (χ3n) is 5.32. The Hall–Kier alpha value is -0.700. The smallest absolute Gasteiger partial charge is 0.284 e. The largest absolute Gasteiger partial charge is 0.592 e. The summed E-state index contributed by atoms with van der Waals surface area (Å²) < 4.78 is 41.4.